The van der Waals surface area contributed by atoms with Gasteiger partial charge in [0.25, 0.3) is 5.56 Å². The van der Waals surface area contributed by atoms with Gasteiger partial charge in [-0.2, -0.15) is 5.10 Å². The third kappa shape index (κ3) is 2.36. The number of hydrogen-bond donors (Lipinski definition) is 0. The van der Waals surface area contributed by atoms with Gasteiger partial charge in [-0.15, -0.1) is 0 Å². The van der Waals surface area contributed by atoms with E-state index in [2.05, 4.69) is 10.1 Å². The van der Waals surface area contributed by atoms with Crippen LogP contribution >= 0.6 is 0 Å². The molecule has 4 aromatic rings. The minimum absolute atomic E-state index is 0.0625. The molecule has 0 N–H and O–H groups in total. The number of fused-ring (bicyclic) bond motifs is 1. The van der Waals surface area contributed by atoms with E-state index in [1.165, 1.54) is 0 Å². The summed E-state index contributed by atoms with van der Waals surface area (Å²) in [5.74, 6) is 0.670. The number of aromatic nitrogens is 4. The Morgan fingerprint density at radius 1 is 0.920 bits per heavy atom. The van der Waals surface area contributed by atoms with E-state index >= 15 is 0 Å². The lowest BCUT2D eigenvalue weighted by molar-refractivity contribution is 0.740. The van der Waals surface area contributed by atoms with Gasteiger partial charge in [0.2, 0.25) is 0 Å². The summed E-state index contributed by atoms with van der Waals surface area (Å²) in [4.78, 5) is 18.0. The Morgan fingerprint density at radius 2 is 1.68 bits per heavy atom. The molecule has 5 nitrogen and oxygen atoms in total. The van der Waals surface area contributed by atoms with Gasteiger partial charge >= 0.3 is 0 Å². The molecular weight excluding hydrogens is 312 g/mol. The molecule has 0 amide bonds. The summed E-state index contributed by atoms with van der Waals surface area (Å²) < 4.78 is 3.48. The van der Waals surface area contributed by atoms with Gasteiger partial charge in [-0.3, -0.25) is 14.0 Å². The first-order valence-corrected chi connectivity index (χ1v) is 8.14. The minimum atomic E-state index is -0.0625. The Labute approximate surface area is 145 Å². The van der Waals surface area contributed by atoms with Gasteiger partial charge in [0.05, 0.1) is 22.8 Å². The molecule has 25 heavy (non-hydrogen) atoms. The molecule has 0 aliphatic heterocycles. The van der Waals surface area contributed by atoms with Crippen LogP contribution in [0.15, 0.2) is 59.5 Å². The zero-order valence-electron chi connectivity index (χ0n) is 14.4. The van der Waals surface area contributed by atoms with Crippen molar-refractivity contribution in [2.75, 3.05) is 0 Å². The van der Waals surface area contributed by atoms with Crippen molar-refractivity contribution in [1.82, 2.24) is 19.3 Å². The normalized spacial score (nSPS) is 11.2. The molecule has 0 saturated carbocycles. The third-order valence-corrected chi connectivity index (χ3v) is 4.61. The molecule has 124 valence electrons. The molecule has 0 saturated heterocycles. The minimum Gasteiger partial charge on any atom is -0.272 e. The van der Waals surface area contributed by atoms with E-state index in [9.17, 15) is 4.79 Å². The number of para-hydroxylation sites is 1. The first-order valence-electron chi connectivity index (χ1n) is 8.14. The Hall–Kier alpha value is -3.21. The molecule has 5 heteroatoms. The number of hydrogen-bond acceptors (Lipinski definition) is 3. The SMILES string of the molecule is Cc1c(-c2cccc3nc(C)n(-c4ccccc4)c(=O)c23)cnn1C. The first-order chi connectivity index (χ1) is 12.1. The van der Waals surface area contributed by atoms with Crippen molar-refractivity contribution in [2.45, 2.75) is 13.8 Å². The van der Waals surface area contributed by atoms with Crippen LogP contribution in [0.25, 0.3) is 27.7 Å². The van der Waals surface area contributed by atoms with E-state index in [1.807, 2.05) is 74.1 Å². The fraction of sp³-hybridized carbons (Fsp3) is 0.150. The van der Waals surface area contributed by atoms with Crippen molar-refractivity contribution in [3.8, 4) is 16.8 Å². The first kappa shape index (κ1) is 15.3. The van der Waals surface area contributed by atoms with Crippen LogP contribution in [0.4, 0.5) is 0 Å². The summed E-state index contributed by atoms with van der Waals surface area (Å²) in [6, 6.07) is 15.4. The molecule has 0 bridgehead atoms. The van der Waals surface area contributed by atoms with Gasteiger partial charge in [0.15, 0.2) is 0 Å². The van der Waals surface area contributed by atoms with E-state index in [0.717, 1.165) is 22.5 Å². The maximum atomic E-state index is 13.4. The molecule has 2 heterocycles. The van der Waals surface area contributed by atoms with Crippen LogP contribution in [0.1, 0.15) is 11.5 Å². The Kier molecular flexibility index (Phi) is 3.50. The van der Waals surface area contributed by atoms with Crippen LogP contribution in [0.2, 0.25) is 0 Å². The van der Waals surface area contributed by atoms with Gasteiger partial charge < -0.3 is 0 Å². The molecule has 0 unspecified atom stereocenters. The van der Waals surface area contributed by atoms with Gasteiger partial charge in [0, 0.05) is 23.9 Å². The van der Waals surface area contributed by atoms with Crippen molar-refractivity contribution in [3.63, 3.8) is 0 Å². The number of aryl methyl sites for hydroxylation is 2. The maximum absolute atomic E-state index is 13.4. The fourth-order valence-electron chi connectivity index (χ4n) is 3.21. The average molecular weight is 330 g/mol. The summed E-state index contributed by atoms with van der Waals surface area (Å²) in [6.45, 7) is 3.86. The highest BCUT2D eigenvalue weighted by Gasteiger charge is 2.16. The molecule has 0 aliphatic carbocycles. The molecule has 0 spiro atoms. The van der Waals surface area contributed by atoms with Crippen molar-refractivity contribution in [1.29, 1.82) is 0 Å². The quantitative estimate of drug-likeness (QED) is 0.566. The average Bonchev–Trinajstić information content (AvgIpc) is 2.94. The second-order valence-electron chi connectivity index (χ2n) is 6.10. The molecule has 0 radical (unpaired) electrons. The standard InChI is InChI=1S/C20H18N4O/c1-13-17(12-21-23(13)3)16-10-7-11-18-19(16)20(25)24(14(2)22-18)15-8-5-4-6-9-15/h4-12H,1-3H3. The van der Waals surface area contributed by atoms with Gasteiger partial charge in [-0.25, -0.2) is 4.98 Å². The fourth-order valence-corrected chi connectivity index (χ4v) is 3.21. The summed E-state index contributed by atoms with van der Waals surface area (Å²) in [6.07, 6.45) is 1.80. The highest BCUT2D eigenvalue weighted by atomic mass is 16.1. The Balaban J connectivity index is 2.11. The zero-order valence-corrected chi connectivity index (χ0v) is 14.4. The lowest BCUT2D eigenvalue weighted by Gasteiger charge is -2.13. The summed E-state index contributed by atoms with van der Waals surface area (Å²) >= 11 is 0. The number of nitrogens with zero attached hydrogens (tertiary/aromatic N) is 4. The Bertz CT molecular complexity index is 1140. The van der Waals surface area contributed by atoms with Crippen LogP contribution in [-0.4, -0.2) is 19.3 Å². The number of benzene rings is 2. The smallest absolute Gasteiger partial charge is 0.266 e. The monoisotopic (exact) mass is 330 g/mol. The van der Waals surface area contributed by atoms with Crippen molar-refractivity contribution >= 4 is 10.9 Å². The molecule has 2 aromatic carbocycles. The number of rotatable bonds is 2. The highest BCUT2D eigenvalue weighted by molar-refractivity contribution is 5.94. The topological polar surface area (TPSA) is 52.7 Å². The second-order valence-corrected chi connectivity index (χ2v) is 6.10. The van der Waals surface area contributed by atoms with Crippen LogP contribution < -0.4 is 5.56 Å². The van der Waals surface area contributed by atoms with Gasteiger partial charge in [-0.1, -0.05) is 30.3 Å². The largest absolute Gasteiger partial charge is 0.272 e. The predicted octanol–water partition coefficient (Wildman–Crippen LogP) is 3.40. The summed E-state index contributed by atoms with van der Waals surface area (Å²) in [7, 11) is 1.90. The lowest BCUT2D eigenvalue weighted by atomic mass is 10.0. The van der Waals surface area contributed by atoms with Crippen molar-refractivity contribution < 1.29 is 0 Å². The summed E-state index contributed by atoms with van der Waals surface area (Å²) in [5.41, 5.74) is 4.29. The van der Waals surface area contributed by atoms with E-state index in [1.54, 1.807) is 10.8 Å². The molecule has 4 rings (SSSR count). The van der Waals surface area contributed by atoms with Crippen molar-refractivity contribution in [2.24, 2.45) is 7.05 Å². The van der Waals surface area contributed by atoms with Gasteiger partial charge in [-0.05, 0) is 32.0 Å². The maximum Gasteiger partial charge on any atom is 0.266 e. The van der Waals surface area contributed by atoms with E-state index in [0.29, 0.717) is 16.7 Å². The molecule has 2 aromatic heterocycles. The molecule has 0 aliphatic rings. The van der Waals surface area contributed by atoms with Crippen LogP contribution in [0.3, 0.4) is 0 Å². The predicted molar refractivity (Wildman–Crippen MR) is 99.0 cm³/mol. The van der Waals surface area contributed by atoms with E-state index in [-0.39, 0.29) is 5.56 Å². The van der Waals surface area contributed by atoms with Crippen LogP contribution in [0, 0.1) is 13.8 Å². The van der Waals surface area contributed by atoms with Crippen LogP contribution in [-0.2, 0) is 7.05 Å². The lowest BCUT2D eigenvalue weighted by Crippen LogP contribution is -2.22. The summed E-state index contributed by atoms with van der Waals surface area (Å²) in [5, 5.41) is 4.93. The van der Waals surface area contributed by atoms with Crippen molar-refractivity contribution in [3.05, 3.63) is 76.6 Å². The van der Waals surface area contributed by atoms with E-state index in [4.69, 9.17) is 0 Å². The van der Waals surface area contributed by atoms with Gasteiger partial charge in [0.1, 0.15) is 5.82 Å². The zero-order chi connectivity index (χ0) is 17.6. The highest BCUT2D eigenvalue weighted by Crippen LogP contribution is 2.28. The molecule has 0 atom stereocenters. The Morgan fingerprint density at radius 3 is 2.36 bits per heavy atom. The van der Waals surface area contributed by atoms with E-state index < -0.39 is 0 Å². The molecule has 0 fully saturated rings. The van der Waals surface area contributed by atoms with Crippen LogP contribution in [0.5, 0.6) is 0 Å². The second kappa shape index (κ2) is 5.70. The third-order valence-electron chi connectivity index (χ3n) is 4.61. The molecular formula is C20H18N4O.